The zero-order chi connectivity index (χ0) is 18.1. The fourth-order valence-corrected chi connectivity index (χ4v) is 4.53. The molecule has 1 saturated heterocycles. The first-order valence-corrected chi connectivity index (χ1v) is 9.72. The Morgan fingerprint density at radius 1 is 1.20 bits per heavy atom. The molecule has 0 atom stereocenters. The van der Waals surface area contributed by atoms with Crippen LogP contribution < -0.4 is 10.0 Å². The van der Waals surface area contributed by atoms with E-state index in [1.807, 2.05) is 0 Å². The SMILES string of the molecule is O=C1NC2(CCCC2)C(=O)N1CCCNS(=O)(=O)c1ccccc1F. The maximum absolute atomic E-state index is 13.6. The number of amides is 3. The molecule has 1 aromatic carbocycles. The fourth-order valence-electron chi connectivity index (χ4n) is 3.38. The average molecular weight is 369 g/mol. The minimum absolute atomic E-state index is 0.000722. The van der Waals surface area contributed by atoms with Gasteiger partial charge in [0.05, 0.1) is 0 Å². The van der Waals surface area contributed by atoms with Crippen molar-refractivity contribution in [2.45, 2.75) is 42.5 Å². The smallest absolute Gasteiger partial charge is 0.323 e. The molecule has 1 heterocycles. The lowest BCUT2D eigenvalue weighted by Gasteiger charge is -2.20. The van der Waals surface area contributed by atoms with Crippen molar-refractivity contribution in [2.24, 2.45) is 0 Å². The highest BCUT2D eigenvalue weighted by atomic mass is 32.2. The predicted octanol–water partition coefficient (Wildman–Crippen LogP) is 1.36. The molecule has 2 fully saturated rings. The molecule has 0 unspecified atom stereocenters. The molecule has 2 N–H and O–H groups in total. The molecule has 3 rings (SSSR count). The van der Waals surface area contributed by atoms with Crippen molar-refractivity contribution in [1.82, 2.24) is 14.9 Å². The van der Waals surface area contributed by atoms with E-state index in [2.05, 4.69) is 10.0 Å². The Morgan fingerprint density at radius 3 is 2.56 bits per heavy atom. The van der Waals surface area contributed by atoms with Crippen molar-refractivity contribution >= 4 is 22.0 Å². The summed E-state index contributed by atoms with van der Waals surface area (Å²) in [5.74, 6) is -1.06. The summed E-state index contributed by atoms with van der Waals surface area (Å²) < 4.78 is 40.0. The van der Waals surface area contributed by atoms with E-state index >= 15 is 0 Å². The first kappa shape index (κ1) is 17.8. The fraction of sp³-hybridized carbons (Fsp3) is 0.500. The Balaban J connectivity index is 1.54. The van der Waals surface area contributed by atoms with Gasteiger partial charge in [-0.25, -0.2) is 22.3 Å². The van der Waals surface area contributed by atoms with Crippen LogP contribution in [0.2, 0.25) is 0 Å². The van der Waals surface area contributed by atoms with Gasteiger partial charge in [-0.05, 0) is 31.4 Å². The average Bonchev–Trinajstić information content (AvgIpc) is 3.12. The lowest BCUT2D eigenvalue weighted by molar-refractivity contribution is -0.131. The van der Waals surface area contributed by atoms with Crippen molar-refractivity contribution in [3.05, 3.63) is 30.1 Å². The van der Waals surface area contributed by atoms with Crippen LogP contribution in [-0.4, -0.2) is 43.9 Å². The summed E-state index contributed by atoms with van der Waals surface area (Å²) in [5.41, 5.74) is -0.760. The Bertz CT molecular complexity index is 790. The summed E-state index contributed by atoms with van der Waals surface area (Å²) in [6.07, 6.45) is 3.36. The van der Waals surface area contributed by atoms with Gasteiger partial charge in [-0.3, -0.25) is 9.69 Å². The van der Waals surface area contributed by atoms with E-state index in [0.29, 0.717) is 12.8 Å². The predicted molar refractivity (Wildman–Crippen MR) is 87.6 cm³/mol. The van der Waals surface area contributed by atoms with Gasteiger partial charge < -0.3 is 5.32 Å². The molecular formula is C16H20FN3O4S. The summed E-state index contributed by atoms with van der Waals surface area (Å²) in [6, 6.07) is 4.67. The molecule has 2 aliphatic rings. The first-order valence-electron chi connectivity index (χ1n) is 8.24. The van der Waals surface area contributed by atoms with Crippen molar-refractivity contribution in [3.8, 4) is 0 Å². The second-order valence-electron chi connectivity index (χ2n) is 6.36. The summed E-state index contributed by atoms with van der Waals surface area (Å²) in [7, 11) is -3.96. The third-order valence-corrected chi connectivity index (χ3v) is 6.17. The van der Waals surface area contributed by atoms with Crippen molar-refractivity contribution in [2.75, 3.05) is 13.1 Å². The van der Waals surface area contributed by atoms with Gasteiger partial charge >= 0.3 is 6.03 Å². The van der Waals surface area contributed by atoms with E-state index in [9.17, 15) is 22.4 Å². The molecule has 1 aliphatic carbocycles. The molecule has 1 saturated carbocycles. The number of halogens is 1. The lowest BCUT2D eigenvalue weighted by atomic mass is 9.98. The first-order chi connectivity index (χ1) is 11.9. The maximum atomic E-state index is 13.6. The number of urea groups is 1. The van der Waals surface area contributed by atoms with E-state index < -0.39 is 32.3 Å². The second-order valence-corrected chi connectivity index (χ2v) is 8.09. The number of benzene rings is 1. The summed E-state index contributed by atoms with van der Waals surface area (Å²) in [5, 5.41) is 2.77. The largest absolute Gasteiger partial charge is 0.325 e. The molecule has 0 radical (unpaired) electrons. The monoisotopic (exact) mass is 369 g/mol. The van der Waals surface area contributed by atoms with Crippen molar-refractivity contribution < 1.29 is 22.4 Å². The Morgan fingerprint density at radius 2 is 1.88 bits per heavy atom. The minimum Gasteiger partial charge on any atom is -0.323 e. The van der Waals surface area contributed by atoms with Gasteiger partial charge in [-0.1, -0.05) is 25.0 Å². The third kappa shape index (κ3) is 3.38. The molecular weight excluding hydrogens is 349 g/mol. The molecule has 0 bridgehead atoms. The normalized spacial score (nSPS) is 19.6. The topological polar surface area (TPSA) is 95.6 Å². The number of hydrogen-bond donors (Lipinski definition) is 2. The summed E-state index contributed by atoms with van der Waals surface area (Å²) in [4.78, 5) is 25.2. The number of carbonyl (C=O) groups is 2. The van der Waals surface area contributed by atoms with Crippen LogP contribution in [0.3, 0.4) is 0 Å². The Hall–Kier alpha value is -2.00. The molecule has 136 valence electrons. The standard InChI is InChI=1S/C16H20FN3O4S/c17-12-6-1-2-7-13(12)25(23,24)18-10-5-11-20-14(21)16(19-15(20)22)8-3-4-9-16/h1-2,6-7,18H,3-5,8-11H2,(H,19,22). The minimum atomic E-state index is -3.96. The van der Waals surface area contributed by atoms with Gasteiger partial charge in [0.25, 0.3) is 5.91 Å². The van der Waals surface area contributed by atoms with Crippen LogP contribution in [0.1, 0.15) is 32.1 Å². The quantitative estimate of drug-likeness (QED) is 0.585. The molecule has 1 aromatic rings. The number of nitrogens with one attached hydrogen (secondary N) is 2. The van der Waals surface area contributed by atoms with E-state index in [4.69, 9.17) is 0 Å². The number of imide groups is 1. The van der Waals surface area contributed by atoms with Crippen LogP contribution in [0.25, 0.3) is 0 Å². The lowest BCUT2D eigenvalue weighted by Crippen LogP contribution is -2.44. The Kier molecular flexibility index (Phi) is 4.79. The highest BCUT2D eigenvalue weighted by Crippen LogP contribution is 2.34. The van der Waals surface area contributed by atoms with Crippen LogP contribution in [0, 0.1) is 5.82 Å². The van der Waals surface area contributed by atoms with Gasteiger partial charge in [0, 0.05) is 13.1 Å². The van der Waals surface area contributed by atoms with E-state index in [0.717, 1.165) is 23.8 Å². The van der Waals surface area contributed by atoms with Gasteiger partial charge in [0.2, 0.25) is 10.0 Å². The summed E-state index contributed by atoms with van der Waals surface area (Å²) in [6.45, 7) is 0.118. The van der Waals surface area contributed by atoms with Crippen LogP contribution in [0.4, 0.5) is 9.18 Å². The molecule has 9 heteroatoms. The van der Waals surface area contributed by atoms with Gasteiger partial charge in [-0.2, -0.15) is 0 Å². The Labute approximate surface area is 145 Å². The third-order valence-electron chi connectivity index (χ3n) is 4.68. The molecule has 3 amide bonds. The molecule has 1 spiro atoms. The molecule has 0 aromatic heterocycles. The van der Waals surface area contributed by atoms with Gasteiger partial charge in [0.15, 0.2) is 0 Å². The zero-order valence-electron chi connectivity index (χ0n) is 13.6. The number of sulfonamides is 1. The van der Waals surface area contributed by atoms with Crippen LogP contribution in [-0.2, 0) is 14.8 Å². The van der Waals surface area contributed by atoms with E-state index in [1.54, 1.807) is 0 Å². The van der Waals surface area contributed by atoms with Crippen molar-refractivity contribution in [1.29, 1.82) is 0 Å². The molecule has 7 nitrogen and oxygen atoms in total. The van der Waals surface area contributed by atoms with E-state index in [-0.39, 0.29) is 25.4 Å². The number of rotatable bonds is 6. The van der Waals surface area contributed by atoms with Gasteiger partial charge in [0.1, 0.15) is 16.3 Å². The highest BCUT2D eigenvalue weighted by molar-refractivity contribution is 7.89. The number of hydrogen-bond acceptors (Lipinski definition) is 4. The highest BCUT2D eigenvalue weighted by Gasteiger charge is 2.51. The zero-order valence-corrected chi connectivity index (χ0v) is 14.4. The summed E-state index contributed by atoms with van der Waals surface area (Å²) >= 11 is 0. The van der Waals surface area contributed by atoms with Crippen LogP contribution in [0.15, 0.2) is 29.2 Å². The number of carbonyl (C=O) groups excluding carboxylic acids is 2. The van der Waals surface area contributed by atoms with Crippen LogP contribution >= 0.6 is 0 Å². The second kappa shape index (κ2) is 6.72. The van der Waals surface area contributed by atoms with Gasteiger partial charge in [-0.15, -0.1) is 0 Å². The number of nitrogens with zero attached hydrogens (tertiary/aromatic N) is 1. The van der Waals surface area contributed by atoms with Crippen LogP contribution in [0.5, 0.6) is 0 Å². The molecule has 25 heavy (non-hydrogen) atoms. The van der Waals surface area contributed by atoms with Crippen molar-refractivity contribution in [3.63, 3.8) is 0 Å². The maximum Gasteiger partial charge on any atom is 0.325 e. The molecule has 1 aliphatic heterocycles. The van der Waals surface area contributed by atoms with E-state index in [1.165, 1.54) is 18.2 Å².